The summed E-state index contributed by atoms with van der Waals surface area (Å²) >= 11 is 0. The lowest BCUT2D eigenvalue weighted by Gasteiger charge is -2.35. The Labute approximate surface area is 130 Å². The molecule has 2 aliphatic heterocycles. The van der Waals surface area contributed by atoms with Crippen molar-refractivity contribution in [1.82, 2.24) is 20.0 Å². The first-order valence-corrected chi connectivity index (χ1v) is 8.32. The van der Waals surface area contributed by atoms with Gasteiger partial charge in [-0.2, -0.15) is 5.10 Å². The van der Waals surface area contributed by atoms with Gasteiger partial charge in [0.15, 0.2) is 0 Å². The van der Waals surface area contributed by atoms with E-state index in [0.29, 0.717) is 18.7 Å². The van der Waals surface area contributed by atoms with Crippen LogP contribution in [0.2, 0.25) is 0 Å². The minimum absolute atomic E-state index is 0.0487. The third-order valence-electron chi connectivity index (χ3n) is 5.04. The first-order chi connectivity index (χ1) is 10.7. The molecule has 0 spiro atoms. The Bertz CT molecular complexity index is 554. The van der Waals surface area contributed by atoms with Gasteiger partial charge < -0.3 is 10.1 Å². The van der Waals surface area contributed by atoms with E-state index in [-0.39, 0.29) is 11.9 Å². The van der Waals surface area contributed by atoms with Gasteiger partial charge in [0.2, 0.25) is 5.91 Å². The zero-order valence-electron chi connectivity index (χ0n) is 13.1. The third kappa shape index (κ3) is 3.03. The molecule has 3 atom stereocenters. The highest BCUT2D eigenvalue weighted by molar-refractivity contribution is 5.76. The van der Waals surface area contributed by atoms with E-state index in [4.69, 9.17) is 4.74 Å². The second-order valence-corrected chi connectivity index (χ2v) is 6.97. The number of nitrogens with zero attached hydrogens (tertiary/aromatic N) is 3. The molecule has 6 heteroatoms. The van der Waals surface area contributed by atoms with Crippen LogP contribution in [-0.2, 0) is 16.1 Å². The summed E-state index contributed by atoms with van der Waals surface area (Å²) in [7, 11) is 0. The summed E-state index contributed by atoms with van der Waals surface area (Å²) in [5.74, 6) is 0.838. The normalized spacial score (nSPS) is 32.0. The summed E-state index contributed by atoms with van der Waals surface area (Å²) in [6.07, 6.45) is 5.93. The van der Waals surface area contributed by atoms with E-state index in [1.165, 1.54) is 12.8 Å². The summed E-state index contributed by atoms with van der Waals surface area (Å²) in [5, 5.41) is 7.41. The fourth-order valence-corrected chi connectivity index (χ4v) is 3.73. The molecule has 0 aromatic carbocycles. The number of carbonyl (C=O) groups is 1. The Balaban J connectivity index is 1.28. The third-order valence-corrected chi connectivity index (χ3v) is 5.04. The summed E-state index contributed by atoms with van der Waals surface area (Å²) in [6.45, 7) is 5.06. The average Bonchev–Trinajstić information content (AvgIpc) is 3.14. The largest absolute Gasteiger partial charge is 0.375 e. The van der Waals surface area contributed by atoms with Gasteiger partial charge in [-0.1, -0.05) is 0 Å². The number of fused-ring (bicyclic) bond motifs is 1. The Morgan fingerprint density at radius 3 is 3.05 bits per heavy atom. The van der Waals surface area contributed by atoms with Gasteiger partial charge in [-0.3, -0.25) is 14.4 Å². The maximum Gasteiger partial charge on any atom is 0.241 e. The van der Waals surface area contributed by atoms with E-state index < -0.39 is 0 Å². The number of hydrogen-bond donors (Lipinski definition) is 1. The molecule has 0 unspecified atom stereocenters. The van der Waals surface area contributed by atoms with E-state index in [2.05, 4.69) is 15.3 Å². The fourth-order valence-electron chi connectivity index (χ4n) is 3.73. The number of carbonyl (C=O) groups excluding carboxylic acids is 1. The van der Waals surface area contributed by atoms with E-state index >= 15 is 0 Å². The fraction of sp³-hybridized carbons (Fsp3) is 0.750. The molecule has 1 aromatic heterocycles. The van der Waals surface area contributed by atoms with Gasteiger partial charge in [0, 0.05) is 31.4 Å². The van der Waals surface area contributed by atoms with Crippen LogP contribution in [0.15, 0.2) is 12.3 Å². The van der Waals surface area contributed by atoms with Crippen molar-refractivity contribution in [3.05, 3.63) is 18.0 Å². The van der Waals surface area contributed by atoms with Crippen molar-refractivity contribution in [2.75, 3.05) is 19.7 Å². The maximum atomic E-state index is 12.1. The smallest absolute Gasteiger partial charge is 0.241 e. The Kier molecular flexibility index (Phi) is 3.66. The second kappa shape index (κ2) is 5.66. The van der Waals surface area contributed by atoms with Crippen molar-refractivity contribution >= 4 is 5.91 Å². The van der Waals surface area contributed by atoms with Gasteiger partial charge in [-0.15, -0.1) is 0 Å². The molecule has 1 amide bonds. The number of rotatable bonds is 4. The standard InChI is InChI=1S/C16H24N4O2/c1-11-4-5-20(18-11)9-16(21)17-13-6-14-10-22-15(12-2-3-12)8-19(14)7-13/h4-5,12-15H,2-3,6-10H2,1H3,(H,17,21)/t13-,14+,15-/m1/s1. The molecule has 3 fully saturated rings. The number of hydrogen-bond acceptors (Lipinski definition) is 4. The monoisotopic (exact) mass is 304 g/mol. The predicted octanol–water partition coefficient (Wildman–Crippen LogP) is 0.559. The zero-order chi connectivity index (χ0) is 15.1. The molecular weight excluding hydrogens is 280 g/mol. The lowest BCUT2D eigenvalue weighted by molar-refractivity contribution is -0.122. The van der Waals surface area contributed by atoms with Crippen molar-refractivity contribution in [2.45, 2.75) is 50.9 Å². The topological polar surface area (TPSA) is 59.4 Å². The van der Waals surface area contributed by atoms with Crippen molar-refractivity contribution < 1.29 is 9.53 Å². The molecule has 6 nitrogen and oxygen atoms in total. The van der Waals surface area contributed by atoms with Crippen LogP contribution in [0, 0.1) is 12.8 Å². The number of amides is 1. The van der Waals surface area contributed by atoms with Crippen molar-refractivity contribution in [1.29, 1.82) is 0 Å². The summed E-state index contributed by atoms with van der Waals surface area (Å²) in [6, 6.07) is 2.64. The maximum absolute atomic E-state index is 12.1. The Morgan fingerprint density at radius 1 is 1.45 bits per heavy atom. The van der Waals surface area contributed by atoms with E-state index in [1.807, 2.05) is 19.2 Å². The van der Waals surface area contributed by atoms with Crippen LogP contribution in [-0.4, -0.2) is 58.5 Å². The molecule has 3 heterocycles. The van der Waals surface area contributed by atoms with Gasteiger partial charge >= 0.3 is 0 Å². The van der Waals surface area contributed by atoms with Gasteiger partial charge in [0.25, 0.3) is 0 Å². The van der Waals surface area contributed by atoms with E-state index in [9.17, 15) is 4.79 Å². The molecular formula is C16H24N4O2. The molecule has 120 valence electrons. The number of ether oxygens (including phenoxy) is 1. The van der Waals surface area contributed by atoms with E-state index in [1.54, 1.807) is 4.68 Å². The van der Waals surface area contributed by atoms with Gasteiger partial charge in [-0.05, 0) is 38.2 Å². The molecule has 1 aliphatic carbocycles. The first-order valence-electron chi connectivity index (χ1n) is 8.32. The predicted molar refractivity (Wildman–Crippen MR) is 81.3 cm³/mol. The molecule has 0 bridgehead atoms. The summed E-state index contributed by atoms with van der Waals surface area (Å²) < 4.78 is 7.69. The van der Waals surface area contributed by atoms with E-state index in [0.717, 1.165) is 37.7 Å². The van der Waals surface area contributed by atoms with Crippen LogP contribution in [0.25, 0.3) is 0 Å². The van der Waals surface area contributed by atoms with Crippen molar-refractivity contribution in [2.24, 2.45) is 5.92 Å². The molecule has 1 saturated carbocycles. The molecule has 1 aromatic rings. The lowest BCUT2D eigenvalue weighted by Crippen LogP contribution is -2.47. The van der Waals surface area contributed by atoms with Crippen molar-refractivity contribution in [3.8, 4) is 0 Å². The average molecular weight is 304 g/mol. The van der Waals surface area contributed by atoms with Gasteiger partial charge in [0.1, 0.15) is 6.54 Å². The molecule has 2 saturated heterocycles. The number of nitrogens with one attached hydrogen (secondary N) is 1. The Hall–Kier alpha value is -1.40. The highest BCUT2D eigenvalue weighted by Crippen LogP contribution is 2.37. The lowest BCUT2D eigenvalue weighted by atomic mass is 10.1. The van der Waals surface area contributed by atoms with Crippen LogP contribution < -0.4 is 5.32 Å². The highest BCUT2D eigenvalue weighted by atomic mass is 16.5. The van der Waals surface area contributed by atoms with Crippen LogP contribution in [0.5, 0.6) is 0 Å². The number of morpholine rings is 1. The molecule has 3 aliphatic rings. The number of aromatic nitrogens is 2. The van der Waals surface area contributed by atoms with Gasteiger partial charge in [0.05, 0.1) is 18.4 Å². The molecule has 22 heavy (non-hydrogen) atoms. The minimum atomic E-state index is 0.0487. The van der Waals surface area contributed by atoms with Crippen LogP contribution in [0.3, 0.4) is 0 Å². The summed E-state index contributed by atoms with van der Waals surface area (Å²) in [5.41, 5.74) is 0.939. The van der Waals surface area contributed by atoms with Crippen LogP contribution in [0.1, 0.15) is 25.0 Å². The molecule has 0 radical (unpaired) electrons. The first kappa shape index (κ1) is 14.2. The van der Waals surface area contributed by atoms with Crippen molar-refractivity contribution in [3.63, 3.8) is 0 Å². The highest BCUT2D eigenvalue weighted by Gasteiger charge is 2.42. The minimum Gasteiger partial charge on any atom is -0.375 e. The zero-order valence-corrected chi connectivity index (χ0v) is 13.1. The van der Waals surface area contributed by atoms with Crippen LogP contribution >= 0.6 is 0 Å². The molecule has 1 N–H and O–H groups in total. The van der Waals surface area contributed by atoms with Gasteiger partial charge in [-0.25, -0.2) is 0 Å². The quantitative estimate of drug-likeness (QED) is 0.883. The Morgan fingerprint density at radius 2 is 2.32 bits per heavy atom. The molecule has 4 rings (SSSR count). The second-order valence-electron chi connectivity index (χ2n) is 6.97. The summed E-state index contributed by atoms with van der Waals surface area (Å²) in [4.78, 5) is 14.7. The van der Waals surface area contributed by atoms with Crippen LogP contribution in [0.4, 0.5) is 0 Å². The SMILES string of the molecule is Cc1ccn(CC(=O)N[C@@H]2C[C@H]3CO[C@@H](C4CC4)CN3C2)n1. The number of aryl methyl sites for hydroxylation is 1.